The maximum absolute atomic E-state index is 13.8. The van der Waals surface area contributed by atoms with Gasteiger partial charge in [0.15, 0.2) is 5.78 Å². The Hall–Kier alpha value is -3.49. The second-order valence-electron chi connectivity index (χ2n) is 10.5. The molecule has 0 spiro atoms. The summed E-state index contributed by atoms with van der Waals surface area (Å²) in [5.74, 6) is 2.07. The van der Waals surface area contributed by atoms with Gasteiger partial charge in [0.05, 0.1) is 0 Å². The van der Waals surface area contributed by atoms with E-state index in [9.17, 15) is 4.79 Å². The smallest absolute Gasteiger partial charge is 0.264 e. The molecule has 0 atom stereocenters. The van der Waals surface area contributed by atoms with Crippen LogP contribution in [0.15, 0.2) is 8.83 Å². The third-order valence-corrected chi connectivity index (χ3v) is 7.64. The van der Waals surface area contributed by atoms with Crippen LogP contribution in [0.3, 0.4) is 0 Å². The standard InChI is InChI=1S/C25H28N6O3/c1-11-15(13(3)26-17(11)20-28-30-22(33-20)24(5)7-8-24)19(32)16-12(2)18(27-14(16)4)21-29-31-23(34-21)25(6)9-10-25/h26-27H,7-10H2,1-6H3. The fraction of sp³-hybridized carbons (Fsp3) is 0.480. The maximum Gasteiger partial charge on any atom is 0.264 e. The van der Waals surface area contributed by atoms with Crippen LogP contribution in [0.4, 0.5) is 0 Å². The zero-order valence-electron chi connectivity index (χ0n) is 20.3. The summed E-state index contributed by atoms with van der Waals surface area (Å²) in [7, 11) is 0. The lowest BCUT2D eigenvalue weighted by atomic mass is 9.96. The molecule has 9 nitrogen and oxygen atoms in total. The van der Waals surface area contributed by atoms with Gasteiger partial charge in [-0.1, -0.05) is 13.8 Å². The van der Waals surface area contributed by atoms with Gasteiger partial charge in [0.1, 0.15) is 11.4 Å². The molecule has 2 aliphatic carbocycles. The molecule has 176 valence electrons. The minimum Gasteiger partial charge on any atom is -0.419 e. The molecule has 2 saturated carbocycles. The van der Waals surface area contributed by atoms with Crippen molar-refractivity contribution in [3.63, 3.8) is 0 Å². The van der Waals surface area contributed by atoms with Crippen molar-refractivity contribution in [2.75, 3.05) is 0 Å². The summed E-state index contributed by atoms with van der Waals surface area (Å²) in [5, 5.41) is 17.0. The van der Waals surface area contributed by atoms with Crippen molar-refractivity contribution < 1.29 is 13.6 Å². The quantitative estimate of drug-likeness (QED) is 0.387. The normalized spacial score (nSPS) is 17.8. The molecule has 0 aliphatic heterocycles. The zero-order valence-corrected chi connectivity index (χ0v) is 20.3. The summed E-state index contributed by atoms with van der Waals surface area (Å²) >= 11 is 0. The fourth-order valence-corrected chi connectivity index (χ4v) is 4.67. The maximum atomic E-state index is 13.8. The molecule has 0 amide bonds. The van der Waals surface area contributed by atoms with E-state index >= 15 is 0 Å². The van der Waals surface area contributed by atoms with Crippen LogP contribution in [0.5, 0.6) is 0 Å². The van der Waals surface area contributed by atoms with Crippen molar-refractivity contribution in [3.8, 4) is 23.2 Å². The summed E-state index contributed by atoms with van der Waals surface area (Å²) in [6.07, 6.45) is 4.21. The van der Waals surface area contributed by atoms with Gasteiger partial charge in [-0.3, -0.25) is 4.79 Å². The molecule has 4 aromatic rings. The van der Waals surface area contributed by atoms with E-state index in [4.69, 9.17) is 8.83 Å². The fourth-order valence-electron chi connectivity index (χ4n) is 4.67. The number of aromatic amines is 2. The van der Waals surface area contributed by atoms with E-state index in [-0.39, 0.29) is 16.6 Å². The Balaban J connectivity index is 1.36. The summed E-state index contributed by atoms with van der Waals surface area (Å²) in [6, 6.07) is 0. The number of H-pyrrole nitrogens is 2. The van der Waals surface area contributed by atoms with E-state index in [1.807, 2.05) is 27.7 Å². The highest BCUT2D eigenvalue weighted by Gasteiger charge is 2.45. The number of hydrogen-bond acceptors (Lipinski definition) is 7. The Kier molecular flexibility index (Phi) is 4.20. The Morgan fingerprint density at radius 2 is 1.09 bits per heavy atom. The van der Waals surface area contributed by atoms with Crippen LogP contribution in [0.1, 0.15) is 89.7 Å². The molecule has 2 fully saturated rings. The van der Waals surface area contributed by atoms with E-state index in [0.29, 0.717) is 46.1 Å². The number of rotatable bonds is 6. The SMILES string of the molecule is Cc1[nH]c(-c2nnc(C3(C)CC3)o2)c(C)c1C(=O)c1c(C)[nH]c(-c2nnc(C3(C)CC3)o2)c1C. The predicted molar refractivity (Wildman–Crippen MR) is 124 cm³/mol. The summed E-state index contributed by atoms with van der Waals surface area (Å²) in [4.78, 5) is 20.4. The third-order valence-electron chi connectivity index (χ3n) is 7.64. The Bertz CT molecular complexity index is 1350. The van der Waals surface area contributed by atoms with Crippen LogP contribution in [0.25, 0.3) is 23.2 Å². The minimum atomic E-state index is -0.0715. The monoisotopic (exact) mass is 460 g/mol. The summed E-state index contributed by atoms with van der Waals surface area (Å²) < 4.78 is 12.0. The highest BCUT2D eigenvalue weighted by molar-refractivity contribution is 6.13. The first-order chi connectivity index (χ1) is 16.1. The largest absolute Gasteiger partial charge is 0.419 e. The van der Waals surface area contributed by atoms with Crippen LogP contribution in [0.2, 0.25) is 0 Å². The molecule has 0 saturated heterocycles. The van der Waals surface area contributed by atoms with Gasteiger partial charge < -0.3 is 18.8 Å². The molecule has 0 aromatic carbocycles. The molecule has 0 bridgehead atoms. The average Bonchev–Trinajstić information content (AvgIpc) is 3.43. The van der Waals surface area contributed by atoms with E-state index in [0.717, 1.165) is 48.2 Å². The van der Waals surface area contributed by atoms with Crippen LogP contribution in [-0.2, 0) is 10.8 Å². The molecular formula is C25H28N6O3. The first-order valence-electron chi connectivity index (χ1n) is 11.7. The second-order valence-corrected chi connectivity index (χ2v) is 10.5. The number of aryl methyl sites for hydroxylation is 2. The third kappa shape index (κ3) is 3.02. The molecule has 34 heavy (non-hydrogen) atoms. The topological polar surface area (TPSA) is 126 Å². The van der Waals surface area contributed by atoms with Crippen molar-refractivity contribution in [2.24, 2.45) is 0 Å². The molecule has 4 aromatic heterocycles. The number of carbonyl (C=O) groups is 1. The number of nitrogens with zero attached hydrogens (tertiary/aromatic N) is 4. The van der Waals surface area contributed by atoms with Crippen molar-refractivity contribution in [1.29, 1.82) is 0 Å². The lowest BCUT2D eigenvalue weighted by molar-refractivity contribution is 0.103. The number of hydrogen-bond donors (Lipinski definition) is 2. The van der Waals surface area contributed by atoms with Crippen molar-refractivity contribution in [2.45, 2.75) is 78.1 Å². The predicted octanol–water partition coefficient (Wildman–Crippen LogP) is 5.01. The highest BCUT2D eigenvalue weighted by Crippen LogP contribution is 2.48. The van der Waals surface area contributed by atoms with Crippen molar-refractivity contribution in [3.05, 3.63) is 45.4 Å². The molecule has 2 aliphatic rings. The van der Waals surface area contributed by atoms with Crippen LogP contribution in [0, 0.1) is 27.7 Å². The van der Waals surface area contributed by atoms with E-state index in [2.05, 4.69) is 44.2 Å². The molecular weight excluding hydrogens is 432 g/mol. The molecule has 9 heteroatoms. The zero-order chi connectivity index (χ0) is 24.0. The van der Waals surface area contributed by atoms with Crippen LogP contribution >= 0.6 is 0 Å². The molecule has 4 heterocycles. The van der Waals surface area contributed by atoms with Crippen molar-refractivity contribution in [1.82, 2.24) is 30.4 Å². The Morgan fingerprint density at radius 1 is 0.706 bits per heavy atom. The summed E-state index contributed by atoms with van der Waals surface area (Å²) in [5.41, 5.74) is 5.69. The van der Waals surface area contributed by atoms with Crippen molar-refractivity contribution >= 4 is 5.78 Å². The highest BCUT2D eigenvalue weighted by atomic mass is 16.4. The average molecular weight is 461 g/mol. The number of carbonyl (C=O) groups excluding carboxylic acids is 1. The van der Waals surface area contributed by atoms with E-state index < -0.39 is 0 Å². The van der Waals surface area contributed by atoms with E-state index in [1.165, 1.54) is 0 Å². The van der Waals surface area contributed by atoms with Gasteiger partial charge in [-0.25, -0.2) is 0 Å². The molecule has 6 rings (SSSR count). The van der Waals surface area contributed by atoms with Gasteiger partial charge in [-0.15, -0.1) is 20.4 Å². The van der Waals surface area contributed by atoms with Gasteiger partial charge in [-0.2, -0.15) is 0 Å². The first-order valence-corrected chi connectivity index (χ1v) is 11.7. The Morgan fingerprint density at radius 3 is 1.44 bits per heavy atom. The van der Waals surface area contributed by atoms with Gasteiger partial charge >= 0.3 is 0 Å². The van der Waals surface area contributed by atoms with Crippen LogP contribution < -0.4 is 0 Å². The molecule has 2 N–H and O–H groups in total. The lowest BCUT2D eigenvalue weighted by Gasteiger charge is -2.04. The summed E-state index contributed by atoms with van der Waals surface area (Å²) in [6.45, 7) is 11.8. The minimum absolute atomic E-state index is 0.0132. The van der Waals surface area contributed by atoms with E-state index in [1.54, 1.807) is 0 Å². The number of ketones is 1. The lowest BCUT2D eigenvalue weighted by Crippen LogP contribution is -2.06. The second kappa shape index (κ2) is 6.77. The van der Waals surface area contributed by atoms with Gasteiger partial charge in [0, 0.05) is 33.3 Å². The van der Waals surface area contributed by atoms with Gasteiger partial charge in [0.2, 0.25) is 11.8 Å². The first kappa shape index (κ1) is 21.1. The number of aromatic nitrogens is 6. The molecule has 0 radical (unpaired) electrons. The molecule has 0 unspecified atom stereocenters. The van der Waals surface area contributed by atoms with Gasteiger partial charge in [-0.05, 0) is 64.5 Å². The number of nitrogens with one attached hydrogen (secondary N) is 2. The Labute approximate surface area is 196 Å². The van der Waals surface area contributed by atoms with Crippen LogP contribution in [-0.4, -0.2) is 36.1 Å². The van der Waals surface area contributed by atoms with Gasteiger partial charge in [0.25, 0.3) is 11.8 Å².